The molecule has 0 fully saturated rings. The molecule has 1 heterocycles. The van der Waals surface area contributed by atoms with Crippen molar-refractivity contribution in [2.24, 2.45) is 0 Å². The van der Waals surface area contributed by atoms with E-state index < -0.39 is 0 Å². The van der Waals surface area contributed by atoms with Crippen molar-refractivity contribution in [2.45, 2.75) is 34.6 Å². The number of rotatable bonds is 6. The number of carbonyl (C=O) groups excluding carboxylic acids is 1. The summed E-state index contributed by atoms with van der Waals surface area (Å²) in [6.45, 7) is 10.5. The number of fused-ring (bicyclic) bond motifs is 1. The van der Waals surface area contributed by atoms with Crippen LogP contribution in [0.1, 0.15) is 38.2 Å². The Balaban J connectivity index is 1.68. The minimum absolute atomic E-state index is 0.174. The van der Waals surface area contributed by atoms with Gasteiger partial charge in [0, 0.05) is 34.0 Å². The molecule has 0 saturated heterocycles. The van der Waals surface area contributed by atoms with Gasteiger partial charge in [-0.3, -0.25) is 9.78 Å². The molecular formula is C45H38N2O. The van der Waals surface area contributed by atoms with Crippen LogP contribution in [-0.2, 0) is 0 Å². The number of hydrogen-bond donors (Lipinski definition) is 1. The molecule has 1 amide bonds. The molecular weight excluding hydrogens is 585 g/mol. The third kappa shape index (κ3) is 5.91. The van der Waals surface area contributed by atoms with Gasteiger partial charge < -0.3 is 5.32 Å². The Kier molecular flexibility index (Phi) is 8.20. The summed E-state index contributed by atoms with van der Waals surface area (Å²) in [5.41, 5.74) is 16.4. The predicted molar refractivity (Wildman–Crippen MR) is 202 cm³/mol. The van der Waals surface area contributed by atoms with Crippen LogP contribution in [-0.4, -0.2) is 10.9 Å². The van der Waals surface area contributed by atoms with E-state index in [0.717, 1.165) is 66.7 Å². The highest BCUT2D eigenvalue weighted by molar-refractivity contribution is 6.23. The SMILES string of the molecule is Cc1ccc(NC(=O)c2ccnc3c(-c4ccc(C)cc4)c(-c4ccc(C)cc4)c(-c4ccc(C)cc4)c(-c4ccc(C)cc4)c23)cc1. The smallest absolute Gasteiger partial charge is 0.256 e. The monoisotopic (exact) mass is 622 g/mol. The number of pyridine rings is 1. The van der Waals surface area contributed by atoms with Crippen molar-refractivity contribution >= 4 is 22.5 Å². The largest absolute Gasteiger partial charge is 0.322 e. The normalized spacial score (nSPS) is 11.1. The van der Waals surface area contributed by atoms with Crippen molar-refractivity contribution in [3.05, 3.63) is 167 Å². The van der Waals surface area contributed by atoms with E-state index in [9.17, 15) is 4.79 Å². The van der Waals surface area contributed by atoms with E-state index in [1.165, 1.54) is 22.3 Å². The molecule has 3 nitrogen and oxygen atoms in total. The Morgan fingerprint density at radius 3 is 1.23 bits per heavy atom. The second kappa shape index (κ2) is 12.8. The fourth-order valence-corrected chi connectivity index (χ4v) is 6.45. The lowest BCUT2D eigenvalue weighted by Crippen LogP contribution is -2.13. The highest BCUT2D eigenvalue weighted by Gasteiger charge is 2.27. The third-order valence-corrected chi connectivity index (χ3v) is 9.10. The van der Waals surface area contributed by atoms with Gasteiger partial charge in [-0.15, -0.1) is 0 Å². The summed E-state index contributed by atoms with van der Waals surface area (Å²) in [6.07, 6.45) is 1.77. The first-order chi connectivity index (χ1) is 23.3. The van der Waals surface area contributed by atoms with Gasteiger partial charge in [-0.25, -0.2) is 0 Å². The standard InChI is InChI=1S/C45H38N2O/c1-28-6-16-33(17-7-28)39-40(34-18-8-29(2)9-19-34)42(36-22-12-31(4)13-23-36)44-43(41(39)35-20-10-30(3)11-21-35)38(26-27-46-44)45(48)47-37-24-14-32(5)15-25-37/h6-27H,1-5H3,(H,47,48). The van der Waals surface area contributed by atoms with Gasteiger partial charge in [-0.1, -0.05) is 137 Å². The highest BCUT2D eigenvalue weighted by atomic mass is 16.1. The topological polar surface area (TPSA) is 42.0 Å². The van der Waals surface area contributed by atoms with Crippen LogP contribution < -0.4 is 5.32 Å². The van der Waals surface area contributed by atoms with E-state index in [4.69, 9.17) is 4.98 Å². The zero-order valence-corrected chi connectivity index (χ0v) is 28.1. The maximum atomic E-state index is 14.4. The average molecular weight is 623 g/mol. The van der Waals surface area contributed by atoms with Crippen LogP contribution >= 0.6 is 0 Å². The third-order valence-electron chi connectivity index (χ3n) is 9.10. The van der Waals surface area contributed by atoms with Crippen molar-refractivity contribution in [3.8, 4) is 44.5 Å². The van der Waals surface area contributed by atoms with Gasteiger partial charge in [-0.2, -0.15) is 0 Å². The molecule has 6 aromatic carbocycles. The lowest BCUT2D eigenvalue weighted by molar-refractivity contribution is 0.102. The summed E-state index contributed by atoms with van der Waals surface area (Å²) in [6, 6.07) is 44.5. The molecule has 234 valence electrons. The number of amides is 1. The summed E-state index contributed by atoms with van der Waals surface area (Å²) >= 11 is 0. The Morgan fingerprint density at radius 2 is 0.792 bits per heavy atom. The molecule has 7 aromatic rings. The molecule has 0 bridgehead atoms. The average Bonchev–Trinajstić information content (AvgIpc) is 3.10. The molecule has 0 unspecified atom stereocenters. The van der Waals surface area contributed by atoms with E-state index in [1.54, 1.807) is 6.20 Å². The maximum absolute atomic E-state index is 14.4. The van der Waals surface area contributed by atoms with E-state index in [0.29, 0.717) is 5.56 Å². The number of carbonyl (C=O) groups is 1. The summed E-state index contributed by atoms with van der Waals surface area (Å²) in [5, 5.41) is 4.01. The van der Waals surface area contributed by atoms with Gasteiger partial charge in [0.2, 0.25) is 0 Å². The fourth-order valence-electron chi connectivity index (χ4n) is 6.45. The molecule has 0 aliphatic heterocycles. The van der Waals surface area contributed by atoms with E-state index in [2.05, 4.69) is 130 Å². The molecule has 3 heteroatoms. The molecule has 0 atom stereocenters. The van der Waals surface area contributed by atoms with Crippen LogP contribution in [0.3, 0.4) is 0 Å². The van der Waals surface area contributed by atoms with E-state index >= 15 is 0 Å². The number of aromatic nitrogens is 1. The van der Waals surface area contributed by atoms with Crippen LogP contribution in [0.25, 0.3) is 55.4 Å². The zero-order valence-electron chi connectivity index (χ0n) is 28.1. The Labute approximate surface area is 283 Å². The van der Waals surface area contributed by atoms with Gasteiger partial charge in [0.1, 0.15) is 0 Å². The Hall–Kier alpha value is -5.80. The molecule has 0 aliphatic carbocycles. The van der Waals surface area contributed by atoms with Crippen LogP contribution in [0, 0.1) is 34.6 Å². The molecule has 0 radical (unpaired) electrons. The van der Waals surface area contributed by atoms with Crippen molar-refractivity contribution in [3.63, 3.8) is 0 Å². The summed E-state index contributed by atoms with van der Waals surface area (Å²) in [5.74, 6) is -0.174. The quantitative estimate of drug-likeness (QED) is 0.200. The molecule has 7 rings (SSSR count). The first kappa shape index (κ1) is 30.8. The molecule has 0 aliphatic rings. The number of anilines is 1. The van der Waals surface area contributed by atoms with Crippen molar-refractivity contribution < 1.29 is 4.79 Å². The summed E-state index contributed by atoms with van der Waals surface area (Å²) < 4.78 is 0. The Morgan fingerprint density at radius 1 is 0.438 bits per heavy atom. The van der Waals surface area contributed by atoms with Crippen LogP contribution in [0.4, 0.5) is 5.69 Å². The van der Waals surface area contributed by atoms with Crippen LogP contribution in [0.2, 0.25) is 0 Å². The first-order valence-corrected chi connectivity index (χ1v) is 16.4. The minimum Gasteiger partial charge on any atom is -0.322 e. The van der Waals surface area contributed by atoms with Gasteiger partial charge in [-0.05, 0) is 80.6 Å². The molecule has 48 heavy (non-hydrogen) atoms. The number of nitrogens with one attached hydrogen (secondary N) is 1. The number of aryl methyl sites for hydroxylation is 5. The minimum atomic E-state index is -0.174. The lowest BCUT2D eigenvalue weighted by Gasteiger charge is -2.25. The lowest BCUT2D eigenvalue weighted by atomic mass is 9.79. The van der Waals surface area contributed by atoms with Crippen LogP contribution in [0.15, 0.2) is 134 Å². The second-order valence-electron chi connectivity index (χ2n) is 12.9. The van der Waals surface area contributed by atoms with E-state index in [-0.39, 0.29) is 5.91 Å². The Bertz CT molecular complexity index is 2260. The second-order valence-corrected chi connectivity index (χ2v) is 12.9. The van der Waals surface area contributed by atoms with Crippen molar-refractivity contribution in [1.82, 2.24) is 4.98 Å². The van der Waals surface area contributed by atoms with Gasteiger partial charge in [0.25, 0.3) is 5.91 Å². The molecule has 1 N–H and O–H groups in total. The summed E-state index contributed by atoms with van der Waals surface area (Å²) in [7, 11) is 0. The zero-order chi connectivity index (χ0) is 33.4. The maximum Gasteiger partial charge on any atom is 0.256 e. The fraction of sp³-hybridized carbons (Fsp3) is 0.111. The highest BCUT2D eigenvalue weighted by Crippen LogP contribution is 2.51. The summed E-state index contributed by atoms with van der Waals surface area (Å²) in [4.78, 5) is 19.5. The number of nitrogens with zero attached hydrogens (tertiary/aromatic N) is 1. The molecule has 0 spiro atoms. The first-order valence-electron chi connectivity index (χ1n) is 16.4. The number of hydrogen-bond acceptors (Lipinski definition) is 2. The van der Waals surface area contributed by atoms with Gasteiger partial charge in [0.15, 0.2) is 0 Å². The van der Waals surface area contributed by atoms with Gasteiger partial charge in [0.05, 0.1) is 11.1 Å². The van der Waals surface area contributed by atoms with Crippen molar-refractivity contribution in [2.75, 3.05) is 5.32 Å². The molecule has 1 aromatic heterocycles. The van der Waals surface area contributed by atoms with Crippen molar-refractivity contribution in [1.29, 1.82) is 0 Å². The van der Waals surface area contributed by atoms with Crippen LogP contribution in [0.5, 0.6) is 0 Å². The van der Waals surface area contributed by atoms with E-state index in [1.807, 2.05) is 37.3 Å². The molecule has 0 saturated carbocycles. The predicted octanol–water partition coefficient (Wildman–Crippen LogP) is 11.7. The number of benzene rings is 6. The van der Waals surface area contributed by atoms with Gasteiger partial charge >= 0.3 is 0 Å².